The van der Waals surface area contributed by atoms with Gasteiger partial charge in [0.1, 0.15) is 11.6 Å². The second kappa shape index (κ2) is 7.30. The van der Waals surface area contributed by atoms with Gasteiger partial charge in [-0.1, -0.05) is 18.7 Å². The Morgan fingerprint density at radius 2 is 2.05 bits per heavy atom. The van der Waals surface area contributed by atoms with E-state index in [9.17, 15) is 0 Å². The Morgan fingerprint density at radius 3 is 2.68 bits per heavy atom. The first kappa shape index (κ1) is 14.1. The molecule has 0 unspecified atom stereocenters. The first-order valence-electron chi connectivity index (χ1n) is 6.09. The Morgan fingerprint density at radius 1 is 1.26 bits per heavy atom. The van der Waals surface area contributed by atoms with Gasteiger partial charge in [0.15, 0.2) is 5.16 Å². The normalized spacial score (nSPS) is 10.4. The van der Waals surface area contributed by atoms with Crippen LogP contribution in [0.2, 0.25) is 0 Å². The largest absolute Gasteiger partial charge is 0.370 e. The SMILES string of the molecule is CCCNc1cc(NCc2cscn2)nc(SC)n1. The third-order valence-corrected chi connectivity index (χ3v) is 3.56. The van der Waals surface area contributed by atoms with Gasteiger partial charge in [-0.2, -0.15) is 0 Å². The molecule has 0 saturated carbocycles. The van der Waals surface area contributed by atoms with Crippen molar-refractivity contribution in [3.63, 3.8) is 0 Å². The summed E-state index contributed by atoms with van der Waals surface area (Å²) in [4.78, 5) is 13.1. The summed E-state index contributed by atoms with van der Waals surface area (Å²) in [5.41, 5.74) is 2.86. The van der Waals surface area contributed by atoms with E-state index in [-0.39, 0.29) is 0 Å². The lowest BCUT2D eigenvalue weighted by atomic mass is 10.4. The van der Waals surface area contributed by atoms with Gasteiger partial charge in [-0.25, -0.2) is 15.0 Å². The van der Waals surface area contributed by atoms with Crippen molar-refractivity contribution in [2.24, 2.45) is 0 Å². The monoisotopic (exact) mass is 295 g/mol. The highest BCUT2D eigenvalue weighted by atomic mass is 32.2. The molecule has 0 aliphatic rings. The van der Waals surface area contributed by atoms with Crippen molar-refractivity contribution >= 4 is 34.7 Å². The van der Waals surface area contributed by atoms with Crippen LogP contribution in [0.4, 0.5) is 11.6 Å². The van der Waals surface area contributed by atoms with Crippen LogP contribution in [0.25, 0.3) is 0 Å². The fraction of sp³-hybridized carbons (Fsp3) is 0.417. The number of thioether (sulfide) groups is 1. The molecule has 2 heterocycles. The molecule has 0 atom stereocenters. The second-order valence-corrected chi connectivity index (χ2v) is 5.38. The van der Waals surface area contributed by atoms with E-state index in [1.54, 1.807) is 11.3 Å². The fourth-order valence-electron chi connectivity index (χ4n) is 1.46. The molecular weight excluding hydrogens is 278 g/mol. The van der Waals surface area contributed by atoms with Crippen molar-refractivity contribution in [2.45, 2.75) is 25.0 Å². The highest BCUT2D eigenvalue weighted by Gasteiger charge is 2.04. The first-order chi connectivity index (χ1) is 9.31. The maximum Gasteiger partial charge on any atom is 0.191 e. The average Bonchev–Trinajstić information content (AvgIpc) is 2.96. The van der Waals surface area contributed by atoms with Gasteiger partial charge in [0, 0.05) is 18.0 Å². The molecule has 0 fully saturated rings. The van der Waals surface area contributed by atoms with Gasteiger partial charge in [-0.3, -0.25) is 0 Å². The molecule has 0 saturated heterocycles. The lowest BCUT2D eigenvalue weighted by Crippen LogP contribution is -2.07. The van der Waals surface area contributed by atoms with Gasteiger partial charge < -0.3 is 10.6 Å². The zero-order valence-corrected chi connectivity index (χ0v) is 12.6. The highest BCUT2D eigenvalue weighted by molar-refractivity contribution is 7.98. The molecule has 0 aliphatic heterocycles. The van der Waals surface area contributed by atoms with Gasteiger partial charge in [0.25, 0.3) is 0 Å². The first-order valence-corrected chi connectivity index (χ1v) is 8.26. The van der Waals surface area contributed by atoms with E-state index >= 15 is 0 Å². The summed E-state index contributed by atoms with van der Waals surface area (Å²) in [5.74, 6) is 1.69. The summed E-state index contributed by atoms with van der Waals surface area (Å²) in [6.45, 7) is 3.73. The molecule has 5 nitrogen and oxygen atoms in total. The van der Waals surface area contributed by atoms with E-state index in [1.165, 1.54) is 11.8 Å². The van der Waals surface area contributed by atoms with Crippen molar-refractivity contribution in [1.29, 1.82) is 0 Å². The Kier molecular flexibility index (Phi) is 5.41. The Hall–Kier alpha value is -1.34. The average molecular weight is 295 g/mol. The molecule has 2 aromatic rings. The van der Waals surface area contributed by atoms with Gasteiger partial charge in [-0.05, 0) is 12.7 Å². The summed E-state index contributed by atoms with van der Waals surface area (Å²) < 4.78 is 0. The Bertz CT molecular complexity index is 501. The van der Waals surface area contributed by atoms with Gasteiger partial charge >= 0.3 is 0 Å². The van der Waals surface area contributed by atoms with E-state index in [0.717, 1.165) is 35.5 Å². The third kappa shape index (κ3) is 4.36. The van der Waals surface area contributed by atoms with Crippen LogP contribution in [-0.4, -0.2) is 27.8 Å². The zero-order valence-electron chi connectivity index (χ0n) is 11.0. The number of nitrogens with zero attached hydrogens (tertiary/aromatic N) is 3. The Balaban J connectivity index is 2.05. The van der Waals surface area contributed by atoms with Gasteiger partial charge in [-0.15, -0.1) is 11.3 Å². The van der Waals surface area contributed by atoms with Crippen LogP contribution < -0.4 is 10.6 Å². The van der Waals surface area contributed by atoms with Crippen LogP contribution in [0.1, 0.15) is 19.0 Å². The van der Waals surface area contributed by atoms with E-state index in [1.807, 2.05) is 23.2 Å². The van der Waals surface area contributed by atoms with Crippen LogP contribution >= 0.6 is 23.1 Å². The molecule has 0 radical (unpaired) electrons. The summed E-state index contributed by atoms with van der Waals surface area (Å²) in [6, 6.07) is 1.93. The molecule has 0 aliphatic carbocycles. The van der Waals surface area contributed by atoms with E-state index in [0.29, 0.717) is 6.54 Å². The number of rotatable bonds is 7. The van der Waals surface area contributed by atoms with E-state index in [2.05, 4.69) is 32.5 Å². The van der Waals surface area contributed by atoms with Gasteiger partial charge in [0.2, 0.25) is 0 Å². The Labute approximate surface area is 121 Å². The van der Waals surface area contributed by atoms with Crippen molar-refractivity contribution in [3.8, 4) is 0 Å². The zero-order chi connectivity index (χ0) is 13.5. The predicted molar refractivity (Wildman–Crippen MR) is 82.0 cm³/mol. The number of aromatic nitrogens is 3. The predicted octanol–water partition coefficient (Wildman–Crippen LogP) is 3.09. The summed E-state index contributed by atoms with van der Waals surface area (Å²) in [7, 11) is 0. The summed E-state index contributed by atoms with van der Waals surface area (Å²) >= 11 is 3.13. The minimum atomic E-state index is 0.682. The van der Waals surface area contributed by atoms with Crippen LogP contribution in [0.5, 0.6) is 0 Å². The molecule has 2 rings (SSSR count). The third-order valence-electron chi connectivity index (χ3n) is 2.38. The topological polar surface area (TPSA) is 62.7 Å². The van der Waals surface area contributed by atoms with E-state index < -0.39 is 0 Å². The molecule has 0 spiro atoms. The maximum absolute atomic E-state index is 4.44. The molecule has 2 N–H and O–H groups in total. The van der Waals surface area contributed by atoms with Crippen molar-refractivity contribution in [2.75, 3.05) is 23.4 Å². The maximum atomic E-state index is 4.44. The van der Waals surface area contributed by atoms with Crippen molar-refractivity contribution in [3.05, 3.63) is 22.7 Å². The smallest absolute Gasteiger partial charge is 0.191 e. The van der Waals surface area contributed by atoms with E-state index in [4.69, 9.17) is 0 Å². The van der Waals surface area contributed by atoms with Crippen LogP contribution in [0.3, 0.4) is 0 Å². The minimum Gasteiger partial charge on any atom is -0.370 e. The van der Waals surface area contributed by atoms with Crippen molar-refractivity contribution < 1.29 is 0 Å². The molecular formula is C12H17N5S2. The lowest BCUT2D eigenvalue weighted by Gasteiger charge is -2.09. The molecule has 0 bridgehead atoms. The second-order valence-electron chi connectivity index (χ2n) is 3.89. The molecule has 2 aromatic heterocycles. The molecule has 7 heteroatoms. The van der Waals surface area contributed by atoms with Crippen LogP contribution in [0, 0.1) is 0 Å². The quantitative estimate of drug-likeness (QED) is 0.604. The van der Waals surface area contributed by atoms with Crippen molar-refractivity contribution in [1.82, 2.24) is 15.0 Å². The fourth-order valence-corrected chi connectivity index (χ4v) is 2.39. The minimum absolute atomic E-state index is 0.682. The van der Waals surface area contributed by atoms with Gasteiger partial charge in [0.05, 0.1) is 17.7 Å². The van der Waals surface area contributed by atoms with Crippen LogP contribution in [0.15, 0.2) is 22.1 Å². The molecule has 19 heavy (non-hydrogen) atoms. The number of nitrogens with one attached hydrogen (secondary N) is 2. The summed E-state index contributed by atoms with van der Waals surface area (Å²) in [5, 5.41) is 9.36. The molecule has 0 amide bonds. The number of thiazole rings is 1. The molecule has 102 valence electrons. The number of hydrogen-bond acceptors (Lipinski definition) is 7. The number of anilines is 2. The summed E-state index contributed by atoms with van der Waals surface area (Å²) in [6.07, 6.45) is 3.04. The highest BCUT2D eigenvalue weighted by Crippen LogP contribution is 2.18. The van der Waals surface area contributed by atoms with Crippen LogP contribution in [-0.2, 0) is 6.54 Å². The lowest BCUT2D eigenvalue weighted by molar-refractivity contribution is 0.919. The standard InChI is InChI=1S/C12H17N5S2/c1-3-4-13-10-5-11(17-12(16-10)18-2)14-6-9-7-19-8-15-9/h5,7-8H,3-4,6H2,1-2H3,(H2,13,14,16,17). The molecule has 0 aromatic carbocycles. The number of hydrogen-bond donors (Lipinski definition) is 2.